The molecule has 2 aromatic heterocycles. The highest BCUT2D eigenvalue weighted by Gasteiger charge is 2.28. The number of thiophene rings is 1. The first kappa shape index (κ1) is 20.1. The summed E-state index contributed by atoms with van der Waals surface area (Å²) in [5.74, 6) is 0.487. The largest absolute Gasteiger partial charge is 0.339 e. The summed E-state index contributed by atoms with van der Waals surface area (Å²) in [6.07, 6.45) is 0. The van der Waals surface area contributed by atoms with Crippen molar-refractivity contribution in [2.45, 2.75) is 39.9 Å². The fourth-order valence-electron chi connectivity index (χ4n) is 3.26. The van der Waals surface area contributed by atoms with Crippen molar-refractivity contribution in [3.8, 4) is 0 Å². The van der Waals surface area contributed by atoms with Gasteiger partial charge in [-0.3, -0.25) is 9.59 Å². The summed E-state index contributed by atoms with van der Waals surface area (Å²) in [6, 6.07) is 11.0. The quantitative estimate of drug-likeness (QED) is 0.662. The molecule has 0 saturated heterocycles. The van der Waals surface area contributed by atoms with Crippen molar-refractivity contribution >= 4 is 34.2 Å². The van der Waals surface area contributed by atoms with E-state index in [1.165, 1.54) is 11.3 Å². The summed E-state index contributed by atoms with van der Waals surface area (Å²) < 4.78 is 2.12. The van der Waals surface area contributed by atoms with Gasteiger partial charge in [0, 0.05) is 13.6 Å². The molecule has 148 valence electrons. The Morgan fingerprint density at radius 2 is 1.96 bits per heavy atom. The van der Waals surface area contributed by atoms with Crippen LogP contribution in [0.2, 0.25) is 0 Å². The van der Waals surface area contributed by atoms with Crippen LogP contribution in [0.15, 0.2) is 41.8 Å². The number of hydrogen-bond donors (Lipinski definition) is 1. The minimum absolute atomic E-state index is 0.0242. The van der Waals surface area contributed by atoms with Crippen molar-refractivity contribution in [3.63, 3.8) is 0 Å². The number of nitrogens with one attached hydrogen (secondary N) is 1. The minimum atomic E-state index is -0.584. The Kier molecular flexibility index (Phi) is 6.14. The molecule has 6 nitrogen and oxygen atoms in total. The molecule has 0 aliphatic heterocycles. The van der Waals surface area contributed by atoms with Crippen LogP contribution in [0.25, 0.3) is 11.0 Å². The molecule has 1 atom stereocenters. The number of benzene rings is 1. The number of imidazole rings is 1. The van der Waals surface area contributed by atoms with Crippen molar-refractivity contribution in [1.82, 2.24) is 19.8 Å². The molecule has 28 heavy (non-hydrogen) atoms. The predicted molar refractivity (Wildman–Crippen MR) is 112 cm³/mol. The van der Waals surface area contributed by atoms with Gasteiger partial charge in [-0.2, -0.15) is 0 Å². The molecule has 7 heteroatoms. The van der Waals surface area contributed by atoms with E-state index in [1.807, 2.05) is 49.6 Å². The molecule has 1 unspecified atom stereocenters. The Bertz CT molecular complexity index is 962. The van der Waals surface area contributed by atoms with Crippen molar-refractivity contribution in [2.24, 2.45) is 5.92 Å². The monoisotopic (exact) mass is 398 g/mol. The van der Waals surface area contributed by atoms with E-state index in [0.29, 0.717) is 11.4 Å². The van der Waals surface area contributed by atoms with Crippen LogP contribution in [0.1, 0.15) is 36.3 Å². The zero-order valence-electron chi connectivity index (χ0n) is 16.7. The molecule has 0 bridgehead atoms. The van der Waals surface area contributed by atoms with Crippen LogP contribution in [-0.4, -0.2) is 39.4 Å². The highest BCUT2D eigenvalue weighted by Crippen LogP contribution is 2.18. The van der Waals surface area contributed by atoms with Gasteiger partial charge in [0.15, 0.2) is 0 Å². The van der Waals surface area contributed by atoms with E-state index in [9.17, 15) is 9.59 Å². The van der Waals surface area contributed by atoms with Crippen LogP contribution in [-0.2, 0) is 17.9 Å². The lowest BCUT2D eigenvalue weighted by atomic mass is 10.0. The predicted octanol–water partition coefficient (Wildman–Crippen LogP) is 3.53. The fourth-order valence-corrected chi connectivity index (χ4v) is 3.89. The van der Waals surface area contributed by atoms with Gasteiger partial charge in [0.25, 0.3) is 5.91 Å². The summed E-state index contributed by atoms with van der Waals surface area (Å²) in [7, 11) is 1.76. The van der Waals surface area contributed by atoms with Crippen LogP contribution in [0, 0.1) is 5.92 Å². The molecule has 0 fully saturated rings. The van der Waals surface area contributed by atoms with Gasteiger partial charge in [-0.15, -0.1) is 11.3 Å². The Morgan fingerprint density at radius 1 is 1.21 bits per heavy atom. The summed E-state index contributed by atoms with van der Waals surface area (Å²) in [5.41, 5.74) is 1.99. The van der Waals surface area contributed by atoms with Crippen molar-refractivity contribution in [1.29, 1.82) is 0 Å². The first-order chi connectivity index (χ1) is 13.4. The van der Waals surface area contributed by atoms with E-state index in [0.717, 1.165) is 23.4 Å². The number of para-hydroxylation sites is 2. The van der Waals surface area contributed by atoms with Gasteiger partial charge in [0.2, 0.25) is 5.91 Å². The molecule has 0 spiro atoms. The molecule has 0 aliphatic carbocycles. The van der Waals surface area contributed by atoms with Crippen LogP contribution < -0.4 is 5.32 Å². The van der Waals surface area contributed by atoms with E-state index >= 15 is 0 Å². The maximum atomic E-state index is 13.1. The summed E-state index contributed by atoms with van der Waals surface area (Å²) in [6.45, 7) is 7.11. The molecule has 1 N–H and O–H groups in total. The van der Waals surface area contributed by atoms with Crippen LogP contribution >= 0.6 is 11.3 Å². The van der Waals surface area contributed by atoms with E-state index in [2.05, 4.69) is 16.8 Å². The highest BCUT2D eigenvalue weighted by molar-refractivity contribution is 7.12. The SMILES string of the molecule is CCn1c(CN(C)C(=O)C(NC(=O)c2cccs2)C(C)C)nc2ccccc21. The average molecular weight is 399 g/mol. The second-order valence-electron chi connectivity index (χ2n) is 7.13. The molecule has 2 heterocycles. The summed E-state index contributed by atoms with van der Waals surface area (Å²) in [5, 5.41) is 4.74. The average Bonchev–Trinajstić information content (AvgIpc) is 3.32. The molecule has 1 aromatic carbocycles. The first-order valence-corrected chi connectivity index (χ1v) is 10.3. The normalized spacial score (nSPS) is 12.3. The number of aryl methyl sites for hydroxylation is 1. The van der Waals surface area contributed by atoms with Gasteiger partial charge < -0.3 is 14.8 Å². The Hall–Kier alpha value is -2.67. The maximum Gasteiger partial charge on any atom is 0.262 e. The van der Waals surface area contributed by atoms with Crippen LogP contribution in [0.5, 0.6) is 0 Å². The lowest BCUT2D eigenvalue weighted by Gasteiger charge is -2.27. The fraction of sp³-hybridized carbons (Fsp3) is 0.381. The summed E-state index contributed by atoms with van der Waals surface area (Å²) in [4.78, 5) is 32.5. The van der Waals surface area contributed by atoms with Gasteiger partial charge in [-0.25, -0.2) is 4.98 Å². The standard InChI is InChI=1S/C21H26N4O2S/c1-5-25-16-10-7-6-9-15(16)22-18(25)13-24(4)21(27)19(14(2)3)23-20(26)17-11-8-12-28-17/h6-12,14,19H,5,13H2,1-4H3,(H,23,26). The lowest BCUT2D eigenvalue weighted by molar-refractivity contribution is -0.133. The third kappa shape index (κ3) is 4.09. The van der Waals surface area contributed by atoms with E-state index < -0.39 is 6.04 Å². The molecule has 3 aromatic rings. The first-order valence-electron chi connectivity index (χ1n) is 9.45. The van der Waals surface area contributed by atoms with Gasteiger partial charge in [-0.05, 0) is 36.4 Å². The molecule has 0 aliphatic rings. The molecular formula is C21H26N4O2S. The second-order valence-corrected chi connectivity index (χ2v) is 8.08. The molecular weight excluding hydrogens is 372 g/mol. The number of aromatic nitrogens is 2. The Labute approximate surface area is 169 Å². The number of carbonyl (C=O) groups is 2. The number of amides is 2. The van der Waals surface area contributed by atoms with Gasteiger partial charge in [-0.1, -0.05) is 32.0 Å². The van der Waals surface area contributed by atoms with Gasteiger partial charge in [0.1, 0.15) is 11.9 Å². The number of carbonyl (C=O) groups excluding carboxylic acids is 2. The molecule has 3 rings (SSSR count). The Balaban J connectivity index is 1.77. The molecule has 2 amide bonds. The Morgan fingerprint density at radius 3 is 2.61 bits per heavy atom. The van der Waals surface area contributed by atoms with E-state index in [1.54, 1.807) is 18.0 Å². The molecule has 0 saturated carbocycles. The van der Waals surface area contributed by atoms with Crippen LogP contribution in [0.4, 0.5) is 0 Å². The lowest BCUT2D eigenvalue weighted by Crippen LogP contribution is -2.50. The number of hydrogen-bond acceptors (Lipinski definition) is 4. The van der Waals surface area contributed by atoms with Crippen molar-refractivity contribution in [3.05, 3.63) is 52.5 Å². The topological polar surface area (TPSA) is 67.2 Å². The third-order valence-corrected chi connectivity index (χ3v) is 5.64. The summed E-state index contributed by atoms with van der Waals surface area (Å²) >= 11 is 1.36. The maximum absolute atomic E-state index is 13.1. The minimum Gasteiger partial charge on any atom is -0.339 e. The smallest absolute Gasteiger partial charge is 0.262 e. The third-order valence-electron chi connectivity index (χ3n) is 4.77. The van der Waals surface area contributed by atoms with E-state index in [-0.39, 0.29) is 17.7 Å². The number of fused-ring (bicyclic) bond motifs is 1. The van der Waals surface area contributed by atoms with Crippen LogP contribution in [0.3, 0.4) is 0 Å². The number of likely N-dealkylation sites (N-methyl/N-ethyl adjacent to an activating group) is 1. The zero-order valence-corrected chi connectivity index (χ0v) is 17.5. The number of rotatable bonds is 7. The van der Waals surface area contributed by atoms with Crippen molar-refractivity contribution in [2.75, 3.05) is 7.05 Å². The second kappa shape index (κ2) is 8.56. The molecule has 0 radical (unpaired) electrons. The van der Waals surface area contributed by atoms with Gasteiger partial charge >= 0.3 is 0 Å². The van der Waals surface area contributed by atoms with Gasteiger partial charge in [0.05, 0.1) is 22.5 Å². The highest BCUT2D eigenvalue weighted by atomic mass is 32.1. The van der Waals surface area contributed by atoms with E-state index in [4.69, 9.17) is 4.98 Å². The zero-order chi connectivity index (χ0) is 20.3. The number of nitrogens with zero attached hydrogens (tertiary/aromatic N) is 3. The van der Waals surface area contributed by atoms with Crippen molar-refractivity contribution < 1.29 is 9.59 Å².